The summed E-state index contributed by atoms with van der Waals surface area (Å²) in [7, 11) is 0. The highest BCUT2D eigenvalue weighted by Gasteiger charge is 2.22. The number of carbonyl (C=O) groups is 1. The number of thiazole rings is 1. The van der Waals surface area contributed by atoms with Crippen molar-refractivity contribution in [3.8, 4) is 0 Å². The fourth-order valence-corrected chi connectivity index (χ4v) is 3.03. The Balaban J connectivity index is 2.01. The fourth-order valence-electron chi connectivity index (χ4n) is 2.15. The molecule has 1 saturated heterocycles. The van der Waals surface area contributed by atoms with E-state index in [0.29, 0.717) is 18.3 Å². The van der Waals surface area contributed by atoms with Gasteiger partial charge in [0.25, 0.3) is 0 Å². The van der Waals surface area contributed by atoms with Crippen LogP contribution >= 0.6 is 11.3 Å². The molecule has 0 aliphatic carbocycles. The fraction of sp³-hybridized carbons (Fsp3) is 0.692. The van der Waals surface area contributed by atoms with Crippen LogP contribution in [0.5, 0.6) is 0 Å². The second-order valence-corrected chi connectivity index (χ2v) is 5.89. The van der Waals surface area contributed by atoms with Gasteiger partial charge in [-0.1, -0.05) is 0 Å². The van der Waals surface area contributed by atoms with Gasteiger partial charge < -0.3 is 14.8 Å². The third-order valence-electron chi connectivity index (χ3n) is 3.08. The van der Waals surface area contributed by atoms with Crippen LogP contribution in [0, 0.1) is 6.92 Å². The van der Waals surface area contributed by atoms with E-state index in [1.54, 1.807) is 6.92 Å². The molecule has 2 unspecified atom stereocenters. The Bertz CT molecular complexity index is 447. The first-order valence-corrected chi connectivity index (χ1v) is 7.44. The van der Waals surface area contributed by atoms with Crippen molar-refractivity contribution in [2.45, 2.75) is 45.8 Å². The van der Waals surface area contributed by atoms with Crippen LogP contribution in [0.3, 0.4) is 0 Å². The maximum Gasteiger partial charge on any atom is 0.358 e. The van der Waals surface area contributed by atoms with Gasteiger partial charge in [0.1, 0.15) is 0 Å². The van der Waals surface area contributed by atoms with Crippen molar-refractivity contribution >= 4 is 22.4 Å². The molecule has 19 heavy (non-hydrogen) atoms. The van der Waals surface area contributed by atoms with Crippen LogP contribution in [0.1, 0.15) is 42.1 Å². The molecule has 0 saturated carbocycles. The molecular formula is C13H20N2O3S. The molecular weight excluding hydrogens is 264 g/mol. The summed E-state index contributed by atoms with van der Waals surface area (Å²) >= 11 is 1.50. The van der Waals surface area contributed by atoms with Crippen LogP contribution in [-0.2, 0) is 9.47 Å². The first-order chi connectivity index (χ1) is 9.10. The minimum Gasteiger partial charge on any atom is -0.461 e. The van der Waals surface area contributed by atoms with E-state index in [2.05, 4.69) is 17.2 Å². The number of rotatable bonds is 4. The Kier molecular flexibility index (Phi) is 4.76. The maximum atomic E-state index is 11.7. The largest absolute Gasteiger partial charge is 0.461 e. The lowest BCUT2D eigenvalue weighted by Gasteiger charge is -2.27. The van der Waals surface area contributed by atoms with Gasteiger partial charge in [-0.05, 0) is 33.6 Å². The molecule has 1 fully saturated rings. The Morgan fingerprint density at radius 2 is 2.42 bits per heavy atom. The predicted octanol–water partition coefficient (Wildman–Crippen LogP) is 2.61. The van der Waals surface area contributed by atoms with E-state index >= 15 is 0 Å². The highest BCUT2D eigenvalue weighted by molar-refractivity contribution is 7.15. The maximum absolute atomic E-state index is 11.7. The number of ether oxygens (including phenoxy) is 2. The lowest BCUT2D eigenvalue weighted by atomic mass is 10.1. The molecule has 1 aliphatic rings. The van der Waals surface area contributed by atoms with Crippen molar-refractivity contribution < 1.29 is 14.3 Å². The van der Waals surface area contributed by atoms with Gasteiger partial charge in [0, 0.05) is 17.5 Å². The average molecular weight is 284 g/mol. The summed E-state index contributed by atoms with van der Waals surface area (Å²) in [6, 6.07) is 0.365. The van der Waals surface area contributed by atoms with E-state index < -0.39 is 0 Å². The van der Waals surface area contributed by atoms with Crippen LogP contribution in [0.25, 0.3) is 0 Å². The molecule has 106 valence electrons. The van der Waals surface area contributed by atoms with E-state index in [-0.39, 0.29) is 12.1 Å². The lowest BCUT2D eigenvalue weighted by molar-refractivity contribution is 0.0232. The number of esters is 1. The number of anilines is 1. The van der Waals surface area contributed by atoms with Gasteiger partial charge in [-0.25, -0.2) is 9.78 Å². The number of aryl methyl sites for hydroxylation is 1. The Morgan fingerprint density at radius 3 is 3.11 bits per heavy atom. The van der Waals surface area contributed by atoms with Crippen molar-refractivity contribution in [1.82, 2.24) is 4.98 Å². The van der Waals surface area contributed by atoms with Crippen molar-refractivity contribution in [1.29, 1.82) is 0 Å². The normalized spacial score (nSPS) is 23.1. The van der Waals surface area contributed by atoms with Crippen molar-refractivity contribution in [3.63, 3.8) is 0 Å². The summed E-state index contributed by atoms with van der Waals surface area (Å²) in [6.45, 7) is 6.90. The number of hydrogen-bond donors (Lipinski definition) is 1. The summed E-state index contributed by atoms with van der Waals surface area (Å²) < 4.78 is 10.5. The number of aromatic nitrogens is 1. The number of nitrogens with one attached hydrogen (secondary N) is 1. The highest BCUT2D eigenvalue weighted by atomic mass is 32.1. The van der Waals surface area contributed by atoms with E-state index in [0.717, 1.165) is 29.5 Å². The van der Waals surface area contributed by atoms with Gasteiger partial charge in [0.2, 0.25) is 0 Å². The Morgan fingerprint density at radius 1 is 1.63 bits per heavy atom. The smallest absolute Gasteiger partial charge is 0.358 e. The number of nitrogens with zero attached hydrogens (tertiary/aromatic N) is 1. The molecule has 2 atom stereocenters. The molecule has 0 amide bonds. The standard InChI is InChI=1S/C13H20N2O3S/c1-4-17-12(16)11-9(3)19-13(15-11)14-10-5-6-18-8(2)7-10/h8,10H,4-7H2,1-3H3,(H,14,15). The van der Waals surface area contributed by atoms with Crippen molar-refractivity contribution in [3.05, 3.63) is 10.6 Å². The molecule has 1 N–H and O–H groups in total. The van der Waals surface area contributed by atoms with E-state index in [4.69, 9.17) is 9.47 Å². The van der Waals surface area contributed by atoms with E-state index in [9.17, 15) is 4.79 Å². The minimum absolute atomic E-state index is 0.275. The lowest BCUT2D eigenvalue weighted by Crippen LogP contribution is -2.32. The molecule has 1 aromatic rings. The first kappa shape index (κ1) is 14.3. The second kappa shape index (κ2) is 6.34. The van der Waals surface area contributed by atoms with E-state index in [1.807, 2.05) is 6.92 Å². The number of carbonyl (C=O) groups excluding carboxylic acids is 1. The summed E-state index contributed by atoms with van der Waals surface area (Å²) in [4.78, 5) is 16.9. The molecule has 5 nitrogen and oxygen atoms in total. The monoisotopic (exact) mass is 284 g/mol. The van der Waals surface area contributed by atoms with Crippen molar-refractivity contribution in [2.24, 2.45) is 0 Å². The van der Waals surface area contributed by atoms with Gasteiger partial charge in [-0.2, -0.15) is 0 Å². The van der Waals surface area contributed by atoms with Crippen LogP contribution in [0.2, 0.25) is 0 Å². The SMILES string of the molecule is CCOC(=O)c1nc(NC2CCOC(C)C2)sc1C. The molecule has 0 bridgehead atoms. The molecule has 0 spiro atoms. The topological polar surface area (TPSA) is 60.5 Å². The van der Waals surface area contributed by atoms with Gasteiger partial charge >= 0.3 is 5.97 Å². The Hall–Kier alpha value is -1.14. The minimum atomic E-state index is -0.343. The van der Waals surface area contributed by atoms with Crippen molar-refractivity contribution in [2.75, 3.05) is 18.5 Å². The quantitative estimate of drug-likeness (QED) is 0.861. The van der Waals surface area contributed by atoms with Gasteiger partial charge in [0.15, 0.2) is 10.8 Å². The molecule has 1 aliphatic heterocycles. The zero-order chi connectivity index (χ0) is 13.8. The predicted molar refractivity (Wildman–Crippen MR) is 74.9 cm³/mol. The molecule has 2 heterocycles. The molecule has 6 heteroatoms. The zero-order valence-corrected chi connectivity index (χ0v) is 12.4. The summed E-state index contributed by atoms with van der Waals surface area (Å²) in [5, 5.41) is 4.18. The van der Waals surface area contributed by atoms with Crippen LogP contribution in [-0.4, -0.2) is 36.3 Å². The summed E-state index contributed by atoms with van der Waals surface area (Å²) in [6.07, 6.45) is 2.21. The van der Waals surface area contributed by atoms with Gasteiger partial charge in [-0.3, -0.25) is 0 Å². The first-order valence-electron chi connectivity index (χ1n) is 6.62. The van der Waals surface area contributed by atoms with E-state index in [1.165, 1.54) is 11.3 Å². The van der Waals surface area contributed by atoms with Gasteiger partial charge in [-0.15, -0.1) is 11.3 Å². The molecule has 0 radical (unpaired) electrons. The van der Waals surface area contributed by atoms with Crippen LogP contribution in [0.4, 0.5) is 5.13 Å². The summed E-state index contributed by atoms with van der Waals surface area (Å²) in [5.74, 6) is -0.343. The van der Waals surface area contributed by atoms with Crippen LogP contribution < -0.4 is 5.32 Å². The summed E-state index contributed by atoms with van der Waals surface area (Å²) in [5.41, 5.74) is 0.425. The van der Waals surface area contributed by atoms with Gasteiger partial charge in [0.05, 0.1) is 12.7 Å². The second-order valence-electron chi connectivity index (χ2n) is 4.69. The highest BCUT2D eigenvalue weighted by Crippen LogP contribution is 2.25. The third-order valence-corrected chi connectivity index (χ3v) is 3.98. The molecule has 2 rings (SSSR count). The Labute approximate surface area is 117 Å². The average Bonchev–Trinajstić information content (AvgIpc) is 2.70. The number of hydrogen-bond acceptors (Lipinski definition) is 6. The molecule has 0 aromatic carbocycles. The third kappa shape index (κ3) is 3.67. The van der Waals surface area contributed by atoms with Crippen LogP contribution in [0.15, 0.2) is 0 Å². The zero-order valence-electron chi connectivity index (χ0n) is 11.6. The molecule has 1 aromatic heterocycles.